The molecule has 32 heavy (non-hydrogen) atoms. The maximum Gasteiger partial charge on any atom is 0.223 e. The fourth-order valence-electron chi connectivity index (χ4n) is 3.60. The van der Waals surface area contributed by atoms with Crippen molar-refractivity contribution in [2.45, 2.75) is 38.8 Å². The number of rotatable bonds is 8. The van der Waals surface area contributed by atoms with E-state index in [2.05, 4.69) is 5.10 Å². The highest BCUT2D eigenvalue weighted by Gasteiger charge is 2.26. The molecule has 0 aliphatic heterocycles. The highest BCUT2D eigenvalue weighted by atomic mass is 35.5. The molecule has 9 heteroatoms. The van der Waals surface area contributed by atoms with E-state index >= 15 is 0 Å². The zero-order chi connectivity index (χ0) is 23.6. The number of halogens is 1. The van der Waals surface area contributed by atoms with Crippen LogP contribution in [0.15, 0.2) is 41.4 Å². The van der Waals surface area contributed by atoms with Crippen molar-refractivity contribution in [2.75, 3.05) is 13.4 Å². The fraction of sp³-hybridized carbons (Fsp3) is 0.304. The number of aryl methyl sites for hydroxylation is 2. The van der Waals surface area contributed by atoms with Crippen LogP contribution in [-0.4, -0.2) is 37.3 Å². The molecule has 0 aliphatic rings. The van der Waals surface area contributed by atoms with Crippen LogP contribution in [0.1, 0.15) is 39.5 Å². The van der Waals surface area contributed by atoms with Gasteiger partial charge in [-0.25, -0.2) is 13.1 Å². The van der Waals surface area contributed by atoms with E-state index in [4.69, 9.17) is 21.1 Å². The molecular formula is C23H25ClN2O5S. The quantitative estimate of drug-likeness (QED) is 0.448. The number of hydrogen-bond donors (Lipinski definition) is 0. The monoisotopic (exact) mass is 476 g/mol. The van der Waals surface area contributed by atoms with E-state index < -0.39 is 9.84 Å². The maximum absolute atomic E-state index is 13.4. The summed E-state index contributed by atoms with van der Waals surface area (Å²) in [7, 11) is -1.89. The molecule has 0 saturated carbocycles. The van der Waals surface area contributed by atoms with Gasteiger partial charge < -0.3 is 9.47 Å². The van der Waals surface area contributed by atoms with E-state index in [0.717, 1.165) is 17.6 Å². The van der Waals surface area contributed by atoms with E-state index in [0.29, 0.717) is 23.6 Å². The number of sulfone groups is 1. The molecule has 170 valence electrons. The summed E-state index contributed by atoms with van der Waals surface area (Å²) >= 11 is 6.45. The maximum atomic E-state index is 13.4. The first-order valence-corrected chi connectivity index (χ1v) is 12.2. The predicted molar refractivity (Wildman–Crippen MR) is 123 cm³/mol. The van der Waals surface area contributed by atoms with Gasteiger partial charge in [0.1, 0.15) is 17.9 Å². The van der Waals surface area contributed by atoms with Gasteiger partial charge in [-0.1, -0.05) is 23.7 Å². The average Bonchev–Trinajstić information content (AvgIpc) is 3.16. The van der Waals surface area contributed by atoms with Crippen LogP contribution in [-0.2, 0) is 23.0 Å². The molecule has 0 N–H and O–H groups in total. The Morgan fingerprint density at radius 3 is 2.38 bits per heavy atom. The Hall–Kier alpha value is -2.84. The van der Waals surface area contributed by atoms with E-state index in [1.807, 2.05) is 31.2 Å². The van der Waals surface area contributed by atoms with Gasteiger partial charge in [0.15, 0.2) is 9.84 Å². The number of benzene rings is 2. The topological polar surface area (TPSA) is 87.5 Å². The van der Waals surface area contributed by atoms with Gasteiger partial charge in [-0.15, -0.1) is 0 Å². The summed E-state index contributed by atoms with van der Waals surface area (Å²) in [6, 6.07) is 8.92. The van der Waals surface area contributed by atoms with Gasteiger partial charge in [-0.05, 0) is 55.7 Å². The van der Waals surface area contributed by atoms with Crippen molar-refractivity contribution >= 4 is 27.2 Å². The third-order valence-corrected chi connectivity index (χ3v) is 6.97. The Bertz CT molecular complexity index is 1260. The van der Waals surface area contributed by atoms with E-state index in [9.17, 15) is 13.2 Å². The van der Waals surface area contributed by atoms with Crippen molar-refractivity contribution in [1.29, 1.82) is 0 Å². The van der Waals surface area contributed by atoms with Crippen LogP contribution < -0.4 is 9.47 Å². The molecular weight excluding hydrogens is 452 g/mol. The van der Waals surface area contributed by atoms with E-state index in [1.54, 1.807) is 25.6 Å². The molecule has 1 aromatic heterocycles. The van der Waals surface area contributed by atoms with Crippen molar-refractivity contribution < 1.29 is 22.7 Å². The van der Waals surface area contributed by atoms with Crippen LogP contribution >= 0.6 is 11.6 Å². The van der Waals surface area contributed by atoms with Crippen molar-refractivity contribution in [3.05, 3.63) is 69.4 Å². The van der Waals surface area contributed by atoms with E-state index in [1.165, 1.54) is 12.3 Å². The van der Waals surface area contributed by atoms with Gasteiger partial charge in [0.2, 0.25) is 11.7 Å². The average molecular weight is 477 g/mol. The van der Waals surface area contributed by atoms with Crippen LogP contribution in [0, 0.1) is 13.8 Å². The van der Waals surface area contributed by atoms with E-state index in [-0.39, 0.29) is 33.4 Å². The number of aromatic nitrogens is 2. The predicted octanol–water partition coefficient (Wildman–Crippen LogP) is 4.40. The Morgan fingerprint density at radius 2 is 1.81 bits per heavy atom. The summed E-state index contributed by atoms with van der Waals surface area (Å²) in [6.07, 6.45) is 2.57. The molecule has 0 bridgehead atoms. The lowest BCUT2D eigenvalue weighted by molar-refractivity contribution is 0.103. The first kappa shape index (κ1) is 23.8. The van der Waals surface area contributed by atoms with Crippen LogP contribution in [0.3, 0.4) is 0 Å². The molecule has 0 saturated heterocycles. The minimum absolute atomic E-state index is 0.103. The van der Waals surface area contributed by atoms with Crippen molar-refractivity contribution in [3.8, 4) is 11.6 Å². The molecule has 0 fully saturated rings. The van der Waals surface area contributed by atoms with Crippen LogP contribution in [0.25, 0.3) is 0 Å². The fourth-order valence-corrected chi connectivity index (χ4v) is 5.20. The number of ether oxygens (including phenoxy) is 2. The summed E-state index contributed by atoms with van der Waals surface area (Å²) < 4.78 is 37.0. The lowest BCUT2D eigenvalue weighted by Gasteiger charge is -2.14. The standard InChI is InChI=1S/C23H25ClN2O5S/c1-6-26-23(31-13-16-7-9-17(30-4)10-8-16)19(12-25-26)21(27)18-11-14(2)22(32(5,28)29)15(3)20(18)24/h7-12H,6,13H2,1-5H3. The molecule has 3 aromatic rings. The second-order valence-electron chi connectivity index (χ2n) is 7.43. The summed E-state index contributed by atoms with van der Waals surface area (Å²) in [4.78, 5) is 13.5. The molecule has 7 nitrogen and oxygen atoms in total. The lowest BCUT2D eigenvalue weighted by atomic mass is 10.0. The molecule has 0 amide bonds. The third kappa shape index (κ3) is 4.66. The Labute approximate surface area is 192 Å². The second-order valence-corrected chi connectivity index (χ2v) is 9.76. The van der Waals surface area contributed by atoms with Gasteiger partial charge in [-0.2, -0.15) is 5.10 Å². The van der Waals surface area contributed by atoms with Crippen molar-refractivity contribution in [2.24, 2.45) is 0 Å². The number of carbonyl (C=O) groups is 1. The molecule has 0 spiro atoms. The third-order valence-electron chi connectivity index (χ3n) is 5.11. The highest BCUT2D eigenvalue weighted by Crippen LogP contribution is 2.33. The van der Waals surface area contributed by atoms with Gasteiger partial charge in [0, 0.05) is 18.4 Å². The largest absolute Gasteiger partial charge is 0.497 e. The summed E-state index contributed by atoms with van der Waals surface area (Å²) in [5, 5.41) is 4.37. The number of carbonyl (C=O) groups excluding carboxylic acids is 1. The van der Waals surface area contributed by atoms with Crippen molar-refractivity contribution in [1.82, 2.24) is 9.78 Å². The first-order chi connectivity index (χ1) is 15.1. The smallest absolute Gasteiger partial charge is 0.223 e. The first-order valence-electron chi connectivity index (χ1n) is 9.94. The molecule has 0 radical (unpaired) electrons. The molecule has 1 heterocycles. The highest BCUT2D eigenvalue weighted by molar-refractivity contribution is 7.90. The van der Waals surface area contributed by atoms with Gasteiger partial charge in [-0.3, -0.25) is 4.79 Å². The molecule has 0 unspecified atom stereocenters. The van der Waals surface area contributed by atoms with Gasteiger partial charge >= 0.3 is 0 Å². The van der Waals surface area contributed by atoms with Crippen LogP contribution in [0.4, 0.5) is 0 Å². The minimum Gasteiger partial charge on any atom is -0.497 e. The van der Waals surface area contributed by atoms with Crippen molar-refractivity contribution in [3.63, 3.8) is 0 Å². The molecule has 3 rings (SSSR count). The normalized spacial score (nSPS) is 11.4. The molecule has 2 aromatic carbocycles. The number of ketones is 1. The lowest BCUT2D eigenvalue weighted by Crippen LogP contribution is -2.11. The molecule has 0 atom stereocenters. The number of nitrogens with zero attached hydrogens (tertiary/aromatic N) is 2. The second kappa shape index (κ2) is 9.34. The van der Waals surface area contributed by atoms with Gasteiger partial charge in [0.05, 0.1) is 23.2 Å². The number of methoxy groups -OCH3 is 1. The zero-order valence-electron chi connectivity index (χ0n) is 18.6. The van der Waals surface area contributed by atoms with Crippen LogP contribution in [0.5, 0.6) is 11.6 Å². The van der Waals surface area contributed by atoms with Gasteiger partial charge in [0.25, 0.3) is 0 Å². The zero-order valence-corrected chi connectivity index (χ0v) is 20.2. The SMILES string of the molecule is CCn1ncc(C(=O)c2cc(C)c(S(C)(=O)=O)c(C)c2Cl)c1OCc1ccc(OC)cc1. The van der Waals surface area contributed by atoms with Crippen LogP contribution in [0.2, 0.25) is 5.02 Å². The Morgan fingerprint density at radius 1 is 1.16 bits per heavy atom. The summed E-state index contributed by atoms with van der Waals surface area (Å²) in [6.45, 7) is 5.87. The minimum atomic E-state index is -3.49. The Balaban J connectivity index is 1.98. The Kier molecular flexibility index (Phi) is 6.95. The molecule has 0 aliphatic carbocycles. The summed E-state index contributed by atoms with van der Waals surface area (Å²) in [5.74, 6) is 0.679. The summed E-state index contributed by atoms with van der Waals surface area (Å²) in [5.41, 5.74) is 2.17. The number of hydrogen-bond acceptors (Lipinski definition) is 6.